The van der Waals surface area contributed by atoms with Crippen molar-refractivity contribution in [2.45, 2.75) is 26.4 Å². The normalized spacial score (nSPS) is 10.8. The molecular formula is C14H14FNO3S. The van der Waals surface area contributed by atoms with Crippen LogP contribution in [0.2, 0.25) is 0 Å². The third-order valence-electron chi connectivity index (χ3n) is 2.61. The number of ether oxygens (including phenoxy) is 1. The first-order chi connectivity index (χ1) is 9.47. The van der Waals surface area contributed by atoms with Crippen LogP contribution in [0.1, 0.15) is 40.8 Å². The zero-order valence-corrected chi connectivity index (χ0v) is 11.9. The molecule has 6 heteroatoms. The Labute approximate surface area is 119 Å². The predicted octanol–water partition coefficient (Wildman–Crippen LogP) is 3.68. The highest BCUT2D eigenvalue weighted by Crippen LogP contribution is 2.23. The van der Waals surface area contributed by atoms with Crippen LogP contribution in [0.3, 0.4) is 0 Å². The van der Waals surface area contributed by atoms with Crippen molar-refractivity contribution in [1.82, 2.24) is 4.98 Å². The highest BCUT2D eigenvalue weighted by atomic mass is 32.1. The molecule has 0 fully saturated rings. The van der Waals surface area contributed by atoms with Crippen molar-refractivity contribution in [3.05, 3.63) is 45.7 Å². The van der Waals surface area contributed by atoms with E-state index in [1.54, 1.807) is 0 Å². The molecule has 0 aliphatic rings. The monoisotopic (exact) mass is 295 g/mol. The Hall–Kier alpha value is -1.95. The van der Waals surface area contributed by atoms with E-state index >= 15 is 0 Å². The molecule has 2 aromatic rings. The fraction of sp³-hybridized carbons (Fsp3) is 0.286. The number of nitrogens with zero attached hydrogens (tertiary/aromatic N) is 1. The third kappa shape index (κ3) is 3.33. The quantitative estimate of drug-likeness (QED) is 0.914. The SMILES string of the molecule is CC(C)c1nc(COc2cc(F)ccc2C(=O)O)cs1. The molecule has 0 atom stereocenters. The fourth-order valence-electron chi connectivity index (χ4n) is 1.60. The number of halogens is 1. The van der Waals surface area contributed by atoms with E-state index in [0.29, 0.717) is 11.6 Å². The molecule has 1 heterocycles. The Bertz CT molecular complexity index is 625. The van der Waals surface area contributed by atoms with Gasteiger partial charge in [-0.1, -0.05) is 13.8 Å². The number of aromatic nitrogens is 1. The number of aromatic carboxylic acids is 1. The fourth-order valence-corrected chi connectivity index (χ4v) is 2.42. The summed E-state index contributed by atoms with van der Waals surface area (Å²) in [5, 5.41) is 11.9. The van der Waals surface area contributed by atoms with E-state index in [1.165, 1.54) is 17.4 Å². The molecule has 0 bridgehead atoms. The van der Waals surface area contributed by atoms with Gasteiger partial charge < -0.3 is 9.84 Å². The van der Waals surface area contributed by atoms with Gasteiger partial charge in [-0.15, -0.1) is 11.3 Å². The molecule has 0 spiro atoms. The second-order valence-corrected chi connectivity index (χ2v) is 5.46. The Morgan fingerprint density at radius 1 is 1.50 bits per heavy atom. The molecule has 0 aliphatic carbocycles. The summed E-state index contributed by atoms with van der Waals surface area (Å²) in [4.78, 5) is 15.4. The zero-order chi connectivity index (χ0) is 14.7. The number of benzene rings is 1. The van der Waals surface area contributed by atoms with Crippen molar-refractivity contribution in [3.8, 4) is 5.75 Å². The Morgan fingerprint density at radius 2 is 2.25 bits per heavy atom. The van der Waals surface area contributed by atoms with Crippen molar-refractivity contribution in [2.24, 2.45) is 0 Å². The van der Waals surface area contributed by atoms with Crippen LogP contribution in [0.4, 0.5) is 4.39 Å². The molecule has 0 saturated carbocycles. The molecule has 1 aromatic carbocycles. The topological polar surface area (TPSA) is 59.4 Å². The lowest BCUT2D eigenvalue weighted by Crippen LogP contribution is -2.04. The predicted molar refractivity (Wildman–Crippen MR) is 73.9 cm³/mol. The smallest absolute Gasteiger partial charge is 0.339 e. The van der Waals surface area contributed by atoms with Gasteiger partial charge in [-0.05, 0) is 12.1 Å². The Balaban J connectivity index is 2.13. The summed E-state index contributed by atoms with van der Waals surface area (Å²) in [5.74, 6) is -1.35. The van der Waals surface area contributed by atoms with E-state index in [2.05, 4.69) is 4.98 Å². The van der Waals surface area contributed by atoms with Crippen molar-refractivity contribution in [2.75, 3.05) is 0 Å². The molecule has 1 aromatic heterocycles. The number of carbonyl (C=O) groups is 1. The van der Waals surface area contributed by atoms with E-state index < -0.39 is 11.8 Å². The second kappa shape index (κ2) is 6.00. The maximum absolute atomic E-state index is 13.2. The van der Waals surface area contributed by atoms with E-state index in [-0.39, 0.29) is 17.9 Å². The van der Waals surface area contributed by atoms with Crippen LogP contribution in [0.15, 0.2) is 23.6 Å². The van der Waals surface area contributed by atoms with E-state index in [0.717, 1.165) is 17.1 Å². The molecule has 0 saturated heterocycles. The lowest BCUT2D eigenvalue weighted by atomic mass is 10.2. The third-order valence-corrected chi connectivity index (χ3v) is 3.81. The maximum Gasteiger partial charge on any atom is 0.339 e. The van der Waals surface area contributed by atoms with Gasteiger partial charge in [0.2, 0.25) is 0 Å². The molecular weight excluding hydrogens is 281 g/mol. The first kappa shape index (κ1) is 14.5. The minimum Gasteiger partial charge on any atom is -0.486 e. The summed E-state index contributed by atoms with van der Waals surface area (Å²) in [5.41, 5.74) is 0.644. The van der Waals surface area contributed by atoms with Crippen LogP contribution in [-0.2, 0) is 6.61 Å². The van der Waals surface area contributed by atoms with E-state index in [4.69, 9.17) is 9.84 Å². The van der Waals surface area contributed by atoms with Crippen LogP contribution in [0.25, 0.3) is 0 Å². The molecule has 2 rings (SSSR count). The molecule has 0 unspecified atom stereocenters. The van der Waals surface area contributed by atoms with Crippen LogP contribution < -0.4 is 4.74 Å². The molecule has 106 valence electrons. The molecule has 20 heavy (non-hydrogen) atoms. The van der Waals surface area contributed by atoms with Gasteiger partial charge in [0.15, 0.2) is 0 Å². The van der Waals surface area contributed by atoms with E-state index in [1.807, 2.05) is 19.2 Å². The summed E-state index contributed by atoms with van der Waals surface area (Å²) in [6.07, 6.45) is 0. The second-order valence-electron chi connectivity index (χ2n) is 4.57. The Kier molecular flexibility index (Phi) is 4.34. The number of hydrogen-bond donors (Lipinski definition) is 1. The molecule has 4 nitrogen and oxygen atoms in total. The summed E-state index contributed by atoms with van der Waals surface area (Å²) in [7, 11) is 0. The van der Waals surface area contributed by atoms with Gasteiger partial charge in [-0.2, -0.15) is 0 Å². The van der Waals surface area contributed by atoms with Crippen molar-refractivity contribution in [1.29, 1.82) is 0 Å². The minimum atomic E-state index is -1.15. The molecule has 0 amide bonds. The van der Waals surface area contributed by atoms with Gasteiger partial charge in [0.05, 0.1) is 10.7 Å². The number of carboxylic acids is 1. The summed E-state index contributed by atoms with van der Waals surface area (Å²) in [6.45, 7) is 4.20. The van der Waals surface area contributed by atoms with Crippen LogP contribution in [0, 0.1) is 5.82 Å². The zero-order valence-electron chi connectivity index (χ0n) is 11.1. The summed E-state index contributed by atoms with van der Waals surface area (Å²) < 4.78 is 18.5. The summed E-state index contributed by atoms with van der Waals surface area (Å²) in [6, 6.07) is 3.35. The first-order valence-electron chi connectivity index (χ1n) is 6.07. The first-order valence-corrected chi connectivity index (χ1v) is 6.95. The Morgan fingerprint density at radius 3 is 2.85 bits per heavy atom. The lowest BCUT2D eigenvalue weighted by molar-refractivity contribution is 0.0691. The van der Waals surface area contributed by atoms with Gasteiger partial charge in [-0.3, -0.25) is 0 Å². The average Bonchev–Trinajstić information content (AvgIpc) is 2.85. The molecule has 0 aliphatic heterocycles. The largest absolute Gasteiger partial charge is 0.486 e. The van der Waals surface area contributed by atoms with Gasteiger partial charge in [0.25, 0.3) is 0 Å². The molecule has 1 N–H and O–H groups in total. The minimum absolute atomic E-state index is 0.0107. The van der Waals surface area contributed by atoms with Crippen LogP contribution >= 0.6 is 11.3 Å². The van der Waals surface area contributed by atoms with Crippen molar-refractivity contribution < 1.29 is 19.0 Å². The highest BCUT2D eigenvalue weighted by Gasteiger charge is 2.13. The average molecular weight is 295 g/mol. The number of thiazole rings is 1. The van der Waals surface area contributed by atoms with Crippen molar-refractivity contribution in [3.63, 3.8) is 0 Å². The number of hydrogen-bond acceptors (Lipinski definition) is 4. The lowest BCUT2D eigenvalue weighted by Gasteiger charge is -2.07. The van der Waals surface area contributed by atoms with Gasteiger partial charge in [0.1, 0.15) is 23.7 Å². The number of rotatable bonds is 5. The van der Waals surface area contributed by atoms with Crippen LogP contribution in [-0.4, -0.2) is 16.1 Å². The van der Waals surface area contributed by atoms with Crippen molar-refractivity contribution >= 4 is 17.3 Å². The van der Waals surface area contributed by atoms with E-state index in [9.17, 15) is 9.18 Å². The van der Waals surface area contributed by atoms with Gasteiger partial charge in [0, 0.05) is 17.4 Å². The number of carboxylic acid groups (broad SMARTS) is 1. The maximum atomic E-state index is 13.2. The van der Waals surface area contributed by atoms with Crippen LogP contribution in [0.5, 0.6) is 5.75 Å². The molecule has 0 radical (unpaired) electrons. The van der Waals surface area contributed by atoms with Gasteiger partial charge >= 0.3 is 5.97 Å². The standard InChI is InChI=1S/C14H14FNO3S/c1-8(2)13-16-10(7-20-13)6-19-12-5-9(15)3-4-11(12)14(17)18/h3-5,7-8H,6H2,1-2H3,(H,17,18). The summed E-state index contributed by atoms with van der Waals surface area (Å²) >= 11 is 1.52. The highest BCUT2D eigenvalue weighted by molar-refractivity contribution is 7.09. The van der Waals surface area contributed by atoms with Gasteiger partial charge in [-0.25, -0.2) is 14.2 Å².